The monoisotopic (exact) mass is 502 g/mol. The summed E-state index contributed by atoms with van der Waals surface area (Å²) in [6, 6.07) is 10.6. The number of imide groups is 1. The first kappa shape index (κ1) is 26.0. The van der Waals surface area contributed by atoms with Crippen LogP contribution in [0, 0.1) is 6.92 Å². The van der Waals surface area contributed by atoms with Crippen molar-refractivity contribution in [2.45, 2.75) is 46.6 Å². The van der Waals surface area contributed by atoms with Gasteiger partial charge in [0.05, 0.1) is 12.6 Å². The van der Waals surface area contributed by atoms with Crippen LogP contribution < -0.4 is 20.3 Å². The topological polar surface area (TPSA) is 91.0 Å². The van der Waals surface area contributed by atoms with Crippen LogP contribution in [0.4, 0.5) is 16.2 Å². The normalized spacial score (nSPS) is 17.5. The van der Waals surface area contributed by atoms with E-state index in [9.17, 15) is 14.4 Å². The number of nitrogens with one attached hydrogen (secondary N) is 2. The molecule has 0 aromatic heterocycles. The number of nitrogens with zero attached hydrogens (tertiary/aromatic N) is 2. The Balaban J connectivity index is 1.60. The smallest absolute Gasteiger partial charge is 0.329 e. The van der Waals surface area contributed by atoms with Gasteiger partial charge in [-0.15, -0.1) is 0 Å². The summed E-state index contributed by atoms with van der Waals surface area (Å²) in [6.07, 6.45) is 4.85. The molecule has 0 spiro atoms. The molecule has 0 unspecified atom stereocenters. The van der Waals surface area contributed by atoms with E-state index in [0.717, 1.165) is 40.3 Å². The van der Waals surface area contributed by atoms with Crippen LogP contribution in [0.25, 0.3) is 11.6 Å². The number of urea groups is 1. The van der Waals surface area contributed by atoms with Crippen molar-refractivity contribution in [1.29, 1.82) is 0 Å². The Morgan fingerprint density at radius 1 is 1.16 bits per heavy atom. The maximum absolute atomic E-state index is 13.1. The first-order valence-electron chi connectivity index (χ1n) is 12.4. The third-order valence-electron chi connectivity index (χ3n) is 6.64. The average Bonchev–Trinajstić information content (AvgIpc) is 3.08. The van der Waals surface area contributed by atoms with Crippen LogP contribution in [0.3, 0.4) is 0 Å². The minimum atomic E-state index is -0.639. The molecule has 0 aliphatic carbocycles. The number of hydrogen-bond donors (Lipinski definition) is 2. The number of allylic oxidation sites excluding steroid dienone is 1. The van der Waals surface area contributed by atoms with Crippen LogP contribution in [-0.4, -0.2) is 48.5 Å². The van der Waals surface area contributed by atoms with E-state index in [1.54, 1.807) is 19.3 Å². The molecule has 0 atom stereocenters. The fourth-order valence-electron chi connectivity index (χ4n) is 4.98. The molecule has 8 heteroatoms. The molecule has 2 aromatic rings. The molecule has 0 bridgehead atoms. The van der Waals surface area contributed by atoms with E-state index in [1.807, 2.05) is 37.3 Å². The number of rotatable bonds is 7. The zero-order valence-corrected chi connectivity index (χ0v) is 22.3. The number of benzene rings is 2. The van der Waals surface area contributed by atoms with Crippen LogP contribution >= 0.6 is 0 Å². The molecular formula is C29H34N4O4. The highest BCUT2D eigenvalue weighted by Crippen LogP contribution is 2.42. The van der Waals surface area contributed by atoms with Crippen LogP contribution in [-0.2, 0) is 9.59 Å². The number of fused-ring (bicyclic) bond motifs is 1. The molecule has 2 N–H and O–H groups in total. The van der Waals surface area contributed by atoms with E-state index in [-0.39, 0.29) is 17.8 Å². The standard InChI is InChI=1S/C29H34N4O4/c1-7-11-33-24-15-25(37-6)20(13-22(24)19(3)16-29(33,4)5)14-23-27(35)32(28(36)31-23)17-26(34)30-21-10-8-9-18(2)12-21/h8-10,12-16H,7,11,17H2,1-6H3,(H,30,34)(H,31,36)/b23-14+. The van der Waals surface area contributed by atoms with Crippen LogP contribution in [0.5, 0.6) is 5.75 Å². The van der Waals surface area contributed by atoms with Gasteiger partial charge in [-0.25, -0.2) is 9.69 Å². The zero-order chi connectivity index (χ0) is 26.9. The maximum Gasteiger partial charge on any atom is 0.329 e. The molecule has 37 heavy (non-hydrogen) atoms. The lowest BCUT2D eigenvalue weighted by molar-refractivity contribution is -0.127. The second-order valence-electron chi connectivity index (χ2n) is 10.0. The Bertz CT molecular complexity index is 1330. The number of methoxy groups -OCH3 is 1. The molecule has 2 aliphatic heterocycles. The van der Waals surface area contributed by atoms with Crippen molar-refractivity contribution in [2.75, 3.05) is 30.4 Å². The molecule has 194 valence electrons. The van der Waals surface area contributed by atoms with Gasteiger partial charge >= 0.3 is 6.03 Å². The number of aryl methyl sites for hydroxylation is 1. The Hall–Kier alpha value is -4.07. The van der Waals surface area contributed by atoms with Crippen molar-refractivity contribution >= 4 is 40.9 Å². The van der Waals surface area contributed by atoms with Gasteiger partial charge in [-0.3, -0.25) is 9.59 Å². The summed E-state index contributed by atoms with van der Waals surface area (Å²) < 4.78 is 5.69. The molecule has 0 radical (unpaired) electrons. The highest BCUT2D eigenvalue weighted by Gasteiger charge is 2.36. The third kappa shape index (κ3) is 5.23. The largest absolute Gasteiger partial charge is 0.496 e. The highest BCUT2D eigenvalue weighted by molar-refractivity contribution is 6.16. The molecule has 2 heterocycles. The fraction of sp³-hybridized carbons (Fsp3) is 0.345. The van der Waals surface area contributed by atoms with Crippen molar-refractivity contribution in [3.63, 3.8) is 0 Å². The Morgan fingerprint density at radius 3 is 2.59 bits per heavy atom. The predicted molar refractivity (Wildman–Crippen MR) is 146 cm³/mol. The van der Waals surface area contributed by atoms with Gasteiger partial charge in [0.15, 0.2) is 0 Å². The molecule has 4 amide bonds. The molecule has 1 fully saturated rings. The van der Waals surface area contributed by atoms with Crippen LogP contribution in [0.15, 0.2) is 48.2 Å². The molecule has 2 aliphatic rings. The van der Waals surface area contributed by atoms with E-state index in [0.29, 0.717) is 17.0 Å². The van der Waals surface area contributed by atoms with Crippen LogP contribution in [0.2, 0.25) is 0 Å². The van der Waals surface area contributed by atoms with Crippen molar-refractivity contribution in [1.82, 2.24) is 10.2 Å². The van der Waals surface area contributed by atoms with Crippen molar-refractivity contribution in [3.8, 4) is 5.75 Å². The molecule has 8 nitrogen and oxygen atoms in total. The van der Waals surface area contributed by atoms with Gasteiger partial charge in [-0.2, -0.15) is 0 Å². The van der Waals surface area contributed by atoms with Gasteiger partial charge in [-0.05, 0) is 69.5 Å². The van der Waals surface area contributed by atoms with E-state index in [1.165, 1.54) is 0 Å². The summed E-state index contributed by atoms with van der Waals surface area (Å²) in [5.74, 6) is -0.429. The van der Waals surface area contributed by atoms with E-state index >= 15 is 0 Å². The average molecular weight is 503 g/mol. The van der Waals surface area contributed by atoms with Gasteiger partial charge in [0, 0.05) is 35.1 Å². The van der Waals surface area contributed by atoms with Crippen LogP contribution in [0.1, 0.15) is 50.8 Å². The Kier molecular flexibility index (Phi) is 7.12. The maximum atomic E-state index is 13.1. The summed E-state index contributed by atoms with van der Waals surface area (Å²) in [4.78, 5) is 41.4. The minimum Gasteiger partial charge on any atom is -0.496 e. The first-order chi connectivity index (χ1) is 17.5. The van der Waals surface area contributed by atoms with Gasteiger partial charge in [0.25, 0.3) is 5.91 Å². The fourth-order valence-corrected chi connectivity index (χ4v) is 4.98. The van der Waals surface area contributed by atoms with Gasteiger partial charge in [-0.1, -0.05) is 25.1 Å². The lowest BCUT2D eigenvalue weighted by Crippen LogP contribution is -2.45. The lowest BCUT2D eigenvalue weighted by Gasteiger charge is -2.43. The lowest BCUT2D eigenvalue weighted by atomic mass is 9.87. The summed E-state index contributed by atoms with van der Waals surface area (Å²) in [6.45, 7) is 11.0. The zero-order valence-electron chi connectivity index (χ0n) is 22.3. The van der Waals surface area contributed by atoms with E-state index in [2.05, 4.69) is 49.3 Å². The number of ether oxygens (including phenoxy) is 1. The van der Waals surface area contributed by atoms with Crippen molar-refractivity contribution < 1.29 is 19.1 Å². The number of amides is 4. The van der Waals surface area contributed by atoms with Crippen molar-refractivity contribution in [2.24, 2.45) is 0 Å². The van der Waals surface area contributed by atoms with E-state index < -0.39 is 17.8 Å². The molecular weight excluding hydrogens is 468 g/mol. The number of anilines is 2. The number of hydrogen-bond acceptors (Lipinski definition) is 5. The first-order valence-corrected chi connectivity index (χ1v) is 12.4. The minimum absolute atomic E-state index is 0.0924. The van der Waals surface area contributed by atoms with Gasteiger partial charge < -0.3 is 20.3 Å². The Labute approximate surface area is 218 Å². The van der Waals surface area contributed by atoms with E-state index in [4.69, 9.17) is 4.74 Å². The Morgan fingerprint density at radius 2 is 1.92 bits per heavy atom. The predicted octanol–water partition coefficient (Wildman–Crippen LogP) is 4.95. The third-order valence-corrected chi connectivity index (χ3v) is 6.64. The quantitative estimate of drug-likeness (QED) is 0.413. The second kappa shape index (κ2) is 10.1. The van der Waals surface area contributed by atoms with Crippen molar-refractivity contribution in [3.05, 3.63) is 64.9 Å². The molecule has 0 saturated carbocycles. The van der Waals surface area contributed by atoms with Gasteiger partial charge in [0.2, 0.25) is 5.91 Å². The molecule has 1 saturated heterocycles. The SMILES string of the molecule is CCCN1c2cc(OC)c(/C=C3/NC(=O)N(CC(=O)Nc4cccc(C)c4)C3=O)cc2C(C)=CC1(C)C. The summed E-state index contributed by atoms with van der Waals surface area (Å²) >= 11 is 0. The molecule has 4 rings (SSSR count). The summed E-state index contributed by atoms with van der Waals surface area (Å²) in [5.41, 5.74) is 5.46. The molecule has 2 aromatic carbocycles. The van der Waals surface area contributed by atoms with Gasteiger partial charge in [0.1, 0.15) is 18.0 Å². The second-order valence-corrected chi connectivity index (χ2v) is 10.0. The number of carbonyl (C=O) groups is 3. The highest BCUT2D eigenvalue weighted by atomic mass is 16.5. The summed E-state index contributed by atoms with van der Waals surface area (Å²) in [5, 5.41) is 5.33. The number of carbonyl (C=O) groups excluding carboxylic acids is 3. The summed E-state index contributed by atoms with van der Waals surface area (Å²) in [7, 11) is 1.58.